The van der Waals surface area contributed by atoms with Crippen LogP contribution in [0.1, 0.15) is 41.4 Å². The zero-order valence-electron chi connectivity index (χ0n) is 29.4. The van der Waals surface area contributed by atoms with Crippen LogP contribution in [-0.2, 0) is 33.2 Å². The lowest BCUT2D eigenvalue weighted by molar-refractivity contribution is -0.221. The summed E-state index contributed by atoms with van der Waals surface area (Å²) < 4.78 is 41.7. The molecule has 0 radical (unpaired) electrons. The first-order valence-electron chi connectivity index (χ1n) is 17.1. The number of aliphatic hydroxyl groups is 1. The molecule has 1 aliphatic carbocycles. The van der Waals surface area contributed by atoms with Crippen molar-refractivity contribution in [2.24, 2.45) is 0 Å². The first kappa shape index (κ1) is 37.7. The van der Waals surface area contributed by atoms with Gasteiger partial charge in [0.2, 0.25) is 0 Å². The highest BCUT2D eigenvalue weighted by Crippen LogP contribution is 2.37. The first-order chi connectivity index (χ1) is 26.3. The van der Waals surface area contributed by atoms with Crippen molar-refractivity contribution in [2.45, 2.75) is 42.7 Å². The molecule has 1 N–H and O–H groups in total. The minimum Gasteiger partial charge on any atom is -0.498 e. The number of aliphatic hydroxyl groups excluding tert-OH is 1. The summed E-state index contributed by atoms with van der Waals surface area (Å²) >= 11 is 0. The Kier molecular flexibility index (Phi) is 12.3. The van der Waals surface area contributed by atoms with Crippen LogP contribution < -0.4 is 0 Å². The third-order valence-electron chi connectivity index (χ3n) is 8.89. The molecule has 54 heavy (non-hydrogen) atoms. The van der Waals surface area contributed by atoms with E-state index in [0.29, 0.717) is 5.76 Å². The maximum absolute atomic E-state index is 13.9. The second-order valence-electron chi connectivity index (χ2n) is 12.3. The SMILES string of the molecule is COC1=CC(O)C([C@@H]2O[C@H](COC(=O)c3ccccc3)[C@@H](OC(=O)c3ccccc3)[C@H](OC(=O)c3ccccc3)[C@H]2OC(=O)c2ccccc2)=CC1OC. The van der Waals surface area contributed by atoms with Gasteiger partial charge in [-0.15, -0.1) is 0 Å². The van der Waals surface area contributed by atoms with E-state index in [-0.39, 0.29) is 27.8 Å². The minimum atomic E-state index is -1.58. The van der Waals surface area contributed by atoms with Gasteiger partial charge in [-0.1, -0.05) is 72.8 Å². The summed E-state index contributed by atoms with van der Waals surface area (Å²) in [6.07, 6.45) is -6.58. The molecule has 12 heteroatoms. The summed E-state index contributed by atoms with van der Waals surface area (Å²) in [5, 5.41) is 11.5. The van der Waals surface area contributed by atoms with Gasteiger partial charge < -0.3 is 38.3 Å². The van der Waals surface area contributed by atoms with Crippen LogP contribution in [-0.4, -0.2) is 92.5 Å². The molecule has 278 valence electrons. The van der Waals surface area contributed by atoms with E-state index < -0.39 is 73.2 Å². The number of carbonyl (C=O) groups excluding carboxylic acids is 4. The van der Waals surface area contributed by atoms with Gasteiger partial charge in [-0.25, -0.2) is 19.2 Å². The number of carbonyl (C=O) groups is 4. The van der Waals surface area contributed by atoms with Crippen LogP contribution >= 0.6 is 0 Å². The summed E-state index contributed by atoms with van der Waals surface area (Å²) in [6.45, 7) is -0.508. The highest BCUT2D eigenvalue weighted by Gasteiger charge is 2.55. The van der Waals surface area contributed by atoms with E-state index in [0.717, 1.165) is 0 Å². The van der Waals surface area contributed by atoms with Crippen molar-refractivity contribution in [1.82, 2.24) is 0 Å². The van der Waals surface area contributed by atoms with Gasteiger partial charge in [0.15, 0.2) is 18.3 Å². The Hall–Kier alpha value is -6.08. The summed E-state index contributed by atoms with van der Waals surface area (Å²) in [4.78, 5) is 54.6. The van der Waals surface area contributed by atoms with Crippen molar-refractivity contribution in [1.29, 1.82) is 0 Å². The normalized spacial score (nSPS) is 23.5. The van der Waals surface area contributed by atoms with E-state index in [9.17, 15) is 24.3 Å². The second kappa shape index (κ2) is 17.6. The highest BCUT2D eigenvalue weighted by molar-refractivity contribution is 5.91. The van der Waals surface area contributed by atoms with Gasteiger partial charge in [0.1, 0.15) is 30.7 Å². The Labute approximate surface area is 311 Å². The molecule has 1 heterocycles. The summed E-state index contributed by atoms with van der Waals surface area (Å²) in [5.41, 5.74) is 0.876. The monoisotopic (exact) mass is 734 g/mol. The van der Waals surface area contributed by atoms with Crippen molar-refractivity contribution in [3.8, 4) is 0 Å². The van der Waals surface area contributed by atoms with Gasteiger partial charge in [-0.05, 0) is 66.3 Å². The molecule has 4 aromatic carbocycles. The number of esters is 4. The fourth-order valence-electron chi connectivity index (χ4n) is 6.17. The lowest BCUT2D eigenvalue weighted by Crippen LogP contribution is -2.63. The van der Waals surface area contributed by atoms with Gasteiger partial charge in [0, 0.05) is 7.11 Å². The lowest BCUT2D eigenvalue weighted by atomic mass is 9.85. The predicted octanol–water partition coefficient (Wildman–Crippen LogP) is 5.13. The van der Waals surface area contributed by atoms with Gasteiger partial charge >= 0.3 is 23.9 Å². The minimum absolute atomic E-state index is 0.151. The average molecular weight is 735 g/mol. The molecule has 0 amide bonds. The molecular formula is C42H38O12. The van der Waals surface area contributed by atoms with Crippen molar-refractivity contribution in [3.05, 3.63) is 167 Å². The number of hydrogen-bond donors (Lipinski definition) is 1. The molecule has 1 fully saturated rings. The third-order valence-corrected chi connectivity index (χ3v) is 8.89. The Morgan fingerprint density at radius 3 is 1.44 bits per heavy atom. The van der Waals surface area contributed by atoms with Crippen molar-refractivity contribution in [3.63, 3.8) is 0 Å². The molecule has 1 aliphatic heterocycles. The Morgan fingerprint density at radius 2 is 1.00 bits per heavy atom. The zero-order chi connectivity index (χ0) is 38.0. The van der Waals surface area contributed by atoms with E-state index in [4.69, 9.17) is 33.2 Å². The smallest absolute Gasteiger partial charge is 0.338 e. The summed E-state index contributed by atoms with van der Waals surface area (Å²) in [6, 6.07) is 32.4. The summed E-state index contributed by atoms with van der Waals surface area (Å²) in [7, 11) is 2.86. The van der Waals surface area contributed by atoms with Crippen LogP contribution in [0.5, 0.6) is 0 Å². The van der Waals surface area contributed by atoms with Gasteiger partial charge in [-0.2, -0.15) is 0 Å². The molecule has 2 aliphatic rings. The molecule has 7 atom stereocenters. The molecule has 1 saturated heterocycles. The van der Waals surface area contributed by atoms with Gasteiger partial charge in [-0.3, -0.25) is 0 Å². The van der Waals surface area contributed by atoms with Crippen LogP contribution in [0.4, 0.5) is 0 Å². The van der Waals surface area contributed by atoms with E-state index in [1.54, 1.807) is 84.9 Å². The molecule has 0 bridgehead atoms. The van der Waals surface area contributed by atoms with Crippen LogP contribution in [0.15, 0.2) is 145 Å². The fraction of sp³-hybridized carbons (Fsp3) is 0.238. The summed E-state index contributed by atoms with van der Waals surface area (Å²) in [5.74, 6) is -2.88. The Bertz CT molecular complexity index is 1960. The van der Waals surface area contributed by atoms with Crippen molar-refractivity contribution < 1.29 is 57.4 Å². The fourth-order valence-corrected chi connectivity index (χ4v) is 6.17. The Balaban J connectivity index is 1.47. The molecular weight excluding hydrogens is 696 g/mol. The molecule has 6 rings (SSSR count). The second-order valence-corrected chi connectivity index (χ2v) is 12.3. The molecule has 0 spiro atoms. The van der Waals surface area contributed by atoms with Crippen molar-refractivity contribution >= 4 is 23.9 Å². The van der Waals surface area contributed by atoms with Crippen LogP contribution in [0.25, 0.3) is 0 Å². The van der Waals surface area contributed by atoms with Crippen LogP contribution in [0, 0.1) is 0 Å². The highest BCUT2D eigenvalue weighted by atomic mass is 16.7. The molecule has 12 nitrogen and oxygen atoms in total. The Morgan fingerprint density at radius 1 is 0.574 bits per heavy atom. The maximum atomic E-state index is 13.9. The topological polar surface area (TPSA) is 153 Å². The van der Waals surface area contributed by atoms with Gasteiger partial charge in [0.25, 0.3) is 0 Å². The third kappa shape index (κ3) is 8.75. The van der Waals surface area contributed by atoms with Crippen LogP contribution in [0.2, 0.25) is 0 Å². The zero-order valence-corrected chi connectivity index (χ0v) is 29.4. The van der Waals surface area contributed by atoms with E-state index in [1.807, 2.05) is 0 Å². The van der Waals surface area contributed by atoms with Gasteiger partial charge in [0.05, 0.1) is 35.5 Å². The first-order valence-corrected chi connectivity index (χ1v) is 17.1. The number of ether oxygens (including phenoxy) is 7. The molecule has 2 unspecified atom stereocenters. The van der Waals surface area contributed by atoms with E-state index in [2.05, 4.69) is 0 Å². The molecule has 4 aromatic rings. The standard InChI is InChI=1S/C42H38O12/c1-48-32-23-30(31(43)24-33(32)49-2)35-37(53-41(46)28-19-11-5-12-20-28)38(54-42(47)29-21-13-6-14-22-29)36(52-40(45)27-17-9-4-10-18-27)34(51-35)25-50-39(44)26-15-7-3-8-16-26/h3-24,31-32,34-38,43H,25H2,1-2H3/t31?,32?,34-,35+,36-,37+,38+/m1/s1. The predicted molar refractivity (Wildman–Crippen MR) is 192 cm³/mol. The lowest BCUT2D eigenvalue weighted by Gasteiger charge is -2.46. The number of rotatable bonds is 12. The van der Waals surface area contributed by atoms with Crippen molar-refractivity contribution in [2.75, 3.05) is 20.8 Å². The quantitative estimate of drug-likeness (QED) is 0.117. The number of benzene rings is 4. The number of methoxy groups -OCH3 is 2. The van der Waals surface area contributed by atoms with E-state index in [1.165, 1.54) is 62.8 Å². The molecule has 0 aromatic heterocycles. The maximum Gasteiger partial charge on any atom is 0.338 e. The van der Waals surface area contributed by atoms with Crippen LogP contribution in [0.3, 0.4) is 0 Å². The van der Waals surface area contributed by atoms with E-state index >= 15 is 0 Å². The largest absolute Gasteiger partial charge is 0.498 e. The average Bonchev–Trinajstić information content (AvgIpc) is 3.22. The molecule has 0 saturated carbocycles. The number of hydrogen-bond acceptors (Lipinski definition) is 12.